The van der Waals surface area contributed by atoms with Crippen LogP contribution in [0.25, 0.3) is 11.3 Å². The fourth-order valence-corrected chi connectivity index (χ4v) is 2.83. The van der Waals surface area contributed by atoms with Crippen LogP contribution in [-0.4, -0.2) is 26.9 Å². The second-order valence-corrected chi connectivity index (χ2v) is 7.15. The van der Waals surface area contributed by atoms with E-state index in [1.54, 1.807) is 37.3 Å². The van der Waals surface area contributed by atoms with Crippen LogP contribution in [0.2, 0.25) is 0 Å². The second kappa shape index (κ2) is 8.52. The van der Waals surface area contributed by atoms with Crippen molar-refractivity contribution in [2.45, 2.75) is 27.2 Å². The van der Waals surface area contributed by atoms with E-state index in [0.717, 1.165) is 17.5 Å². The Kier molecular flexibility index (Phi) is 5.89. The fourth-order valence-electron chi connectivity index (χ4n) is 2.83. The summed E-state index contributed by atoms with van der Waals surface area (Å²) in [7, 11) is 0. The van der Waals surface area contributed by atoms with E-state index in [9.17, 15) is 9.90 Å². The Bertz CT molecular complexity index is 971. The normalized spacial score (nSPS) is 11.6. The highest BCUT2D eigenvalue weighted by Gasteiger charge is 2.11. The van der Waals surface area contributed by atoms with E-state index in [1.165, 1.54) is 5.56 Å². The molecule has 0 saturated carbocycles. The van der Waals surface area contributed by atoms with Crippen molar-refractivity contribution in [1.29, 1.82) is 0 Å². The maximum atomic E-state index is 12.3. The Labute approximate surface area is 164 Å². The molecule has 3 N–H and O–H groups in total. The number of nitrogens with zero attached hydrogens (tertiary/aromatic N) is 2. The number of carbonyl (C=O) groups is 1. The monoisotopic (exact) mass is 376 g/mol. The number of carbonyl (C=O) groups excluding carboxylic acids is 1. The molecule has 0 bridgehead atoms. The highest BCUT2D eigenvalue weighted by atomic mass is 16.3. The molecule has 2 aromatic carbocycles. The van der Waals surface area contributed by atoms with Crippen LogP contribution >= 0.6 is 0 Å². The smallest absolute Gasteiger partial charge is 0.289 e. The first-order valence-electron chi connectivity index (χ1n) is 9.21. The minimum atomic E-state index is -0.367. The Morgan fingerprint density at radius 2 is 1.82 bits per heavy atom. The van der Waals surface area contributed by atoms with Crippen LogP contribution in [-0.2, 0) is 6.42 Å². The first-order chi connectivity index (χ1) is 13.4. The molecular formula is C22H24N4O2. The van der Waals surface area contributed by atoms with Gasteiger partial charge in [-0.25, -0.2) is 5.43 Å². The molecule has 0 aliphatic heterocycles. The van der Waals surface area contributed by atoms with Gasteiger partial charge in [0.25, 0.3) is 5.91 Å². The van der Waals surface area contributed by atoms with Crippen LogP contribution < -0.4 is 5.43 Å². The van der Waals surface area contributed by atoms with Crippen molar-refractivity contribution in [3.63, 3.8) is 0 Å². The lowest BCUT2D eigenvalue weighted by molar-refractivity contribution is 0.0950. The molecule has 1 heterocycles. The number of hydrogen-bond donors (Lipinski definition) is 3. The van der Waals surface area contributed by atoms with Gasteiger partial charge in [0.15, 0.2) is 0 Å². The lowest BCUT2D eigenvalue weighted by Gasteiger charge is -2.05. The average molecular weight is 376 g/mol. The van der Waals surface area contributed by atoms with Gasteiger partial charge in [-0.3, -0.25) is 9.89 Å². The zero-order chi connectivity index (χ0) is 20.1. The largest absolute Gasteiger partial charge is 0.508 e. The zero-order valence-electron chi connectivity index (χ0n) is 16.2. The van der Waals surface area contributed by atoms with Crippen LogP contribution in [0.5, 0.6) is 5.75 Å². The maximum absolute atomic E-state index is 12.3. The summed E-state index contributed by atoms with van der Waals surface area (Å²) in [5.74, 6) is 0.424. The number of nitrogens with one attached hydrogen (secondary N) is 2. The lowest BCUT2D eigenvalue weighted by atomic mass is 10.0. The van der Waals surface area contributed by atoms with Crippen molar-refractivity contribution in [2.75, 3.05) is 0 Å². The van der Waals surface area contributed by atoms with Crippen LogP contribution in [0, 0.1) is 5.92 Å². The Morgan fingerprint density at radius 3 is 2.46 bits per heavy atom. The van der Waals surface area contributed by atoms with Crippen molar-refractivity contribution in [2.24, 2.45) is 11.0 Å². The summed E-state index contributed by atoms with van der Waals surface area (Å²) in [5.41, 5.74) is 7.25. The van der Waals surface area contributed by atoms with E-state index < -0.39 is 0 Å². The molecule has 0 fully saturated rings. The molecule has 0 saturated heterocycles. The highest BCUT2D eigenvalue weighted by Crippen LogP contribution is 2.19. The predicted octanol–water partition coefficient (Wildman–Crippen LogP) is 4.13. The topological polar surface area (TPSA) is 90.4 Å². The number of H-pyrrole nitrogens is 1. The SMILES string of the molecule is C/C(=N/NC(=O)c1cc(-c2ccc(CC(C)C)cc2)n[nH]1)c1ccc(O)cc1. The molecule has 0 radical (unpaired) electrons. The Balaban J connectivity index is 1.66. The molecule has 0 aliphatic carbocycles. The zero-order valence-corrected chi connectivity index (χ0v) is 16.2. The molecule has 0 aliphatic rings. The number of hydrogen-bond acceptors (Lipinski definition) is 4. The highest BCUT2D eigenvalue weighted by molar-refractivity contribution is 6.00. The number of aromatic amines is 1. The minimum absolute atomic E-state index is 0.183. The molecule has 6 nitrogen and oxygen atoms in total. The van der Waals surface area contributed by atoms with Crippen molar-refractivity contribution in [3.8, 4) is 17.0 Å². The number of rotatable bonds is 6. The van der Waals surface area contributed by atoms with E-state index in [4.69, 9.17) is 0 Å². The lowest BCUT2D eigenvalue weighted by Crippen LogP contribution is -2.19. The predicted molar refractivity (Wildman–Crippen MR) is 110 cm³/mol. The summed E-state index contributed by atoms with van der Waals surface area (Å²) in [6.07, 6.45) is 1.03. The maximum Gasteiger partial charge on any atom is 0.289 e. The number of hydrazone groups is 1. The molecule has 1 aromatic heterocycles. The van der Waals surface area contributed by atoms with E-state index in [0.29, 0.717) is 23.0 Å². The number of benzene rings is 2. The van der Waals surface area contributed by atoms with E-state index in [1.807, 2.05) is 12.1 Å². The number of aromatic hydroxyl groups is 1. The first-order valence-corrected chi connectivity index (χ1v) is 9.21. The number of phenolic OH excluding ortho intramolecular Hbond substituents is 1. The summed E-state index contributed by atoms with van der Waals surface area (Å²) in [4.78, 5) is 12.3. The van der Waals surface area contributed by atoms with Crippen molar-refractivity contribution < 1.29 is 9.90 Å². The van der Waals surface area contributed by atoms with Crippen molar-refractivity contribution in [1.82, 2.24) is 15.6 Å². The molecule has 3 rings (SSSR count). The molecule has 0 unspecified atom stereocenters. The van der Waals surface area contributed by atoms with Gasteiger partial charge < -0.3 is 5.11 Å². The molecule has 1 amide bonds. The van der Waals surface area contributed by atoms with Crippen LogP contribution in [0.15, 0.2) is 59.7 Å². The molecule has 144 valence electrons. The number of phenols is 1. The van der Waals surface area contributed by atoms with Crippen molar-refractivity contribution >= 4 is 11.6 Å². The van der Waals surface area contributed by atoms with Gasteiger partial charge in [-0.1, -0.05) is 38.1 Å². The third-order valence-corrected chi connectivity index (χ3v) is 4.33. The summed E-state index contributed by atoms with van der Waals surface area (Å²) in [6, 6.07) is 16.5. The van der Waals surface area contributed by atoms with Crippen molar-refractivity contribution in [3.05, 3.63) is 71.4 Å². The summed E-state index contributed by atoms with van der Waals surface area (Å²) < 4.78 is 0. The number of aromatic nitrogens is 2. The fraction of sp³-hybridized carbons (Fsp3) is 0.227. The number of amides is 1. The van der Waals surface area contributed by atoms with E-state index >= 15 is 0 Å². The van der Waals surface area contributed by atoms with Crippen LogP contribution in [0.4, 0.5) is 0 Å². The van der Waals surface area contributed by atoms with Gasteiger partial charge in [0.1, 0.15) is 11.4 Å². The van der Waals surface area contributed by atoms with E-state index in [2.05, 4.69) is 46.7 Å². The molecule has 0 atom stereocenters. The van der Waals surface area contributed by atoms with Crippen LogP contribution in [0.3, 0.4) is 0 Å². The van der Waals surface area contributed by atoms with Gasteiger partial charge in [0, 0.05) is 5.56 Å². The van der Waals surface area contributed by atoms with Gasteiger partial charge in [-0.05, 0) is 60.7 Å². The molecule has 28 heavy (non-hydrogen) atoms. The summed E-state index contributed by atoms with van der Waals surface area (Å²) in [5, 5.41) is 20.4. The molecule has 0 spiro atoms. The molecular weight excluding hydrogens is 352 g/mol. The van der Waals surface area contributed by atoms with Gasteiger partial charge in [0.05, 0.1) is 11.4 Å². The Hall–Kier alpha value is -3.41. The van der Waals surface area contributed by atoms with Crippen LogP contribution in [0.1, 0.15) is 42.4 Å². The van der Waals surface area contributed by atoms with Gasteiger partial charge in [-0.15, -0.1) is 0 Å². The van der Waals surface area contributed by atoms with Gasteiger partial charge in [0.2, 0.25) is 0 Å². The molecule has 3 aromatic rings. The van der Waals surface area contributed by atoms with Gasteiger partial charge >= 0.3 is 0 Å². The third kappa shape index (κ3) is 4.85. The Morgan fingerprint density at radius 1 is 1.14 bits per heavy atom. The molecule has 6 heteroatoms. The standard InChI is InChI=1S/C22H24N4O2/c1-14(2)12-16-4-6-18(7-5-16)20-13-21(25-24-20)22(28)26-23-15(3)17-8-10-19(27)11-9-17/h4-11,13-14,27H,12H2,1-3H3,(H,24,25)(H,26,28)/b23-15-. The third-order valence-electron chi connectivity index (χ3n) is 4.33. The average Bonchev–Trinajstić information content (AvgIpc) is 3.17. The van der Waals surface area contributed by atoms with Gasteiger partial charge in [-0.2, -0.15) is 10.2 Å². The second-order valence-electron chi connectivity index (χ2n) is 7.15. The minimum Gasteiger partial charge on any atom is -0.508 e. The van der Waals surface area contributed by atoms with E-state index in [-0.39, 0.29) is 11.7 Å². The quantitative estimate of drug-likeness (QED) is 0.446. The summed E-state index contributed by atoms with van der Waals surface area (Å²) in [6.45, 7) is 6.17. The first kappa shape index (κ1) is 19.4. The summed E-state index contributed by atoms with van der Waals surface area (Å²) >= 11 is 0.